The van der Waals surface area contributed by atoms with Crippen molar-refractivity contribution >= 4 is 5.82 Å². The standard InChI is InChI=1S/C21H28N4O2/c1-26-16-9-14(10-17(11-16)27-2)7-8-23-21-18-12-22-13-19(18)24-20(25-21)15-5-3-4-6-15/h9-11,15,22H,3-8,12-13H2,1-2H3,(H,23,24,25). The minimum Gasteiger partial charge on any atom is -0.497 e. The van der Waals surface area contributed by atoms with Gasteiger partial charge < -0.3 is 20.1 Å². The first-order chi connectivity index (χ1) is 13.3. The van der Waals surface area contributed by atoms with Gasteiger partial charge in [0.1, 0.15) is 23.1 Å². The number of aromatic nitrogens is 2. The summed E-state index contributed by atoms with van der Waals surface area (Å²) in [6, 6.07) is 6.01. The minimum atomic E-state index is 0.527. The molecule has 0 atom stereocenters. The summed E-state index contributed by atoms with van der Waals surface area (Å²) in [5, 5.41) is 6.97. The molecule has 0 radical (unpaired) electrons. The maximum absolute atomic E-state index is 5.37. The zero-order valence-corrected chi connectivity index (χ0v) is 16.2. The first-order valence-corrected chi connectivity index (χ1v) is 9.83. The predicted octanol–water partition coefficient (Wildman–Crippen LogP) is 3.41. The number of methoxy groups -OCH3 is 2. The number of rotatable bonds is 7. The number of anilines is 1. The molecule has 1 aliphatic carbocycles. The van der Waals surface area contributed by atoms with E-state index in [-0.39, 0.29) is 0 Å². The summed E-state index contributed by atoms with van der Waals surface area (Å²) in [5.41, 5.74) is 3.57. The normalized spacial score (nSPS) is 16.4. The lowest BCUT2D eigenvalue weighted by molar-refractivity contribution is 0.393. The molecule has 0 amide bonds. The maximum atomic E-state index is 5.37. The third kappa shape index (κ3) is 4.00. The van der Waals surface area contributed by atoms with Crippen molar-refractivity contribution in [1.29, 1.82) is 0 Å². The topological polar surface area (TPSA) is 68.3 Å². The lowest BCUT2D eigenvalue weighted by Crippen LogP contribution is -2.13. The zero-order chi connectivity index (χ0) is 18.6. The van der Waals surface area contributed by atoms with Gasteiger partial charge in [0.25, 0.3) is 0 Å². The molecule has 4 rings (SSSR count). The molecule has 1 aromatic heterocycles. The smallest absolute Gasteiger partial charge is 0.134 e. The van der Waals surface area contributed by atoms with Crippen LogP contribution in [0.15, 0.2) is 18.2 Å². The number of benzene rings is 1. The van der Waals surface area contributed by atoms with E-state index in [1.807, 2.05) is 6.07 Å². The Morgan fingerprint density at radius 3 is 2.48 bits per heavy atom. The molecule has 1 aliphatic heterocycles. The Bertz CT molecular complexity index is 781. The second-order valence-electron chi connectivity index (χ2n) is 7.34. The fourth-order valence-electron chi connectivity index (χ4n) is 4.04. The zero-order valence-electron chi connectivity index (χ0n) is 16.2. The summed E-state index contributed by atoms with van der Waals surface area (Å²) in [5.74, 6) is 4.20. The summed E-state index contributed by atoms with van der Waals surface area (Å²) in [4.78, 5) is 9.77. The Morgan fingerprint density at radius 1 is 1.04 bits per heavy atom. The molecule has 2 aromatic rings. The molecule has 0 saturated heterocycles. The number of fused-ring (bicyclic) bond motifs is 1. The summed E-state index contributed by atoms with van der Waals surface area (Å²) in [7, 11) is 3.36. The molecule has 6 nitrogen and oxygen atoms in total. The van der Waals surface area contributed by atoms with Crippen LogP contribution in [-0.2, 0) is 19.5 Å². The van der Waals surface area contributed by atoms with Gasteiger partial charge in [-0.25, -0.2) is 9.97 Å². The van der Waals surface area contributed by atoms with E-state index in [9.17, 15) is 0 Å². The van der Waals surface area contributed by atoms with Crippen LogP contribution in [0.5, 0.6) is 11.5 Å². The van der Waals surface area contributed by atoms with Crippen molar-refractivity contribution in [1.82, 2.24) is 15.3 Å². The molecule has 1 fully saturated rings. The van der Waals surface area contributed by atoms with Crippen LogP contribution in [0.25, 0.3) is 0 Å². The molecule has 0 spiro atoms. The van der Waals surface area contributed by atoms with Crippen molar-refractivity contribution in [2.24, 2.45) is 0 Å². The van der Waals surface area contributed by atoms with Crippen LogP contribution >= 0.6 is 0 Å². The van der Waals surface area contributed by atoms with E-state index in [1.54, 1.807) is 14.2 Å². The number of hydrogen-bond acceptors (Lipinski definition) is 6. The molecule has 2 N–H and O–H groups in total. The van der Waals surface area contributed by atoms with Gasteiger partial charge in [0, 0.05) is 37.2 Å². The first kappa shape index (κ1) is 18.0. The van der Waals surface area contributed by atoms with Gasteiger partial charge >= 0.3 is 0 Å². The second-order valence-corrected chi connectivity index (χ2v) is 7.34. The lowest BCUT2D eigenvalue weighted by Gasteiger charge is -2.15. The van der Waals surface area contributed by atoms with E-state index < -0.39 is 0 Å². The number of nitrogens with zero attached hydrogens (tertiary/aromatic N) is 2. The Hall–Kier alpha value is -2.34. The third-order valence-electron chi connectivity index (χ3n) is 5.54. The highest BCUT2D eigenvalue weighted by atomic mass is 16.5. The van der Waals surface area contributed by atoms with E-state index in [0.29, 0.717) is 5.92 Å². The first-order valence-electron chi connectivity index (χ1n) is 9.83. The molecule has 0 unspecified atom stereocenters. The summed E-state index contributed by atoms with van der Waals surface area (Å²) >= 11 is 0. The largest absolute Gasteiger partial charge is 0.497 e. The fraction of sp³-hybridized carbons (Fsp3) is 0.524. The highest BCUT2D eigenvalue weighted by Crippen LogP contribution is 2.34. The summed E-state index contributed by atoms with van der Waals surface area (Å²) < 4.78 is 10.7. The van der Waals surface area contributed by atoms with Gasteiger partial charge in [0.2, 0.25) is 0 Å². The Balaban J connectivity index is 1.48. The van der Waals surface area contributed by atoms with E-state index >= 15 is 0 Å². The highest BCUT2D eigenvalue weighted by molar-refractivity contribution is 5.49. The molecule has 2 heterocycles. The molecular formula is C21H28N4O2. The van der Waals surface area contributed by atoms with Gasteiger partial charge in [0.15, 0.2) is 0 Å². The number of nitrogens with one attached hydrogen (secondary N) is 2. The molecule has 6 heteroatoms. The van der Waals surface area contributed by atoms with Gasteiger partial charge in [-0.05, 0) is 37.0 Å². The van der Waals surface area contributed by atoms with E-state index in [4.69, 9.17) is 19.4 Å². The van der Waals surface area contributed by atoms with Crippen molar-refractivity contribution in [2.45, 2.75) is 51.1 Å². The monoisotopic (exact) mass is 368 g/mol. The highest BCUT2D eigenvalue weighted by Gasteiger charge is 2.24. The third-order valence-corrected chi connectivity index (χ3v) is 5.54. The molecule has 144 valence electrons. The summed E-state index contributed by atoms with van der Waals surface area (Å²) in [6.07, 6.45) is 5.90. The van der Waals surface area contributed by atoms with Crippen molar-refractivity contribution < 1.29 is 9.47 Å². The SMILES string of the molecule is COc1cc(CCNc2nc(C3CCCC3)nc3c2CNC3)cc(OC)c1. The van der Waals surface area contributed by atoms with Crippen LogP contribution in [0.2, 0.25) is 0 Å². The number of hydrogen-bond donors (Lipinski definition) is 2. The van der Waals surface area contributed by atoms with Crippen molar-refractivity contribution in [2.75, 3.05) is 26.1 Å². The molecule has 27 heavy (non-hydrogen) atoms. The van der Waals surface area contributed by atoms with Crippen LogP contribution in [0.3, 0.4) is 0 Å². The number of ether oxygens (including phenoxy) is 2. The van der Waals surface area contributed by atoms with E-state index in [0.717, 1.165) is 54.9 Å². The Labute approximate surface area is 160 Å². The van der Waals surface area contributed by atoms with Crippen molar-refractivity contribution in [3.63, 3.8) is 0 Å². The van der Waals surface area contributed by atoms with Crippen LogP contribution in [0.4, 0.5) is 5.82 Å². The van der Waals surface area contributed by atoms with Crippen LogP contribution in [0.1, 0.15) is 54.2 Å². The van der Waals surface area contributed by atoms with Gasteiger partial charge in [-0.15, -0.1) is 0 Å². The molecule has 1 saturated carbocycles. The van der Waals surface area contributed by atoms with Crippen molar-refractivity contribution in [3.8, 4) is 11.5 Å². The molecule has 1 aromatic carbocycles. The van der Waals surface area contributed by atoms with E-state index in [2.05, 4.69) is 22.8 Å². The van der Waals surface area contributed by atoms with Crippen LogP contribution < -0.4 is 20.1 Å². The average Bonchev–Trinajstić information content (AvgIpc) is 3.39. The fourth-order valence-corrected chi connectivity index (χ4v) is 4.04. The van der Waals surface area contributed by atoms with Gasteiger partial charge in [-0.2, -0.15) is 0 Å². The molecular weight excluding hydrogens is 340 g/mol. The maximum Gasteiger partial charge on any atom is 0.134 e. The van der Waals surface area contributed by atoms with Gasteiger partial charge in [0.05, 0.1) is 19.9 Å². The van der Waals surface area contributed by atoms with Crippen LogP contribution in [0, 0.1) is 0 Å². The van der Waals surface area contributed by atoms with Gasteiger partial charge in [-0.3, -0.25) is 0 Å². The van der Waals surface area contributed by atoms with Crippen molar-refractivity contribution in [3.05, 3.63) is 40.8 Å². The Morgan fingerprint density at radius 2 is 1.78 bits per heavy atom. The molecule has 0 bridgehead atoms. The van der Waals surface area contributed by atoms with Gasteiger partial charge in [-0.1, -0.05) is 12.8 Å². The summed E-state index contributed by atoms with van der Waals surface area (Å²) in [6.45, 7) is 2.50. The lowest BCUT2D eigenvalue weighted by atomic mass is 10.1. The predicted molar refractivity (Wildman–Crippen MR) is 106 cm³/mol. The van der Waals surface area contributed by atoms with Crippen LogP contribution in [-0.4, -0.2) is 30.7 Å². The Kier molecular flexibility index (Phi) is 5.43. The van der Waals surface area contributed by atoms with E-state index in [1.165, 1.54) is 36.8 Å². The second kappa shape index (κ2) is 8.13. The average molecular weight is 368 g/mol. The molecule has 2 aliphatic rings. The quantitative estimate of drug-likeness (QED) is 0.781. The minimum absolute atomic E-state index is 0.527.